The molecule has 1 atom stereocenters. The third-order valence-electron chi connectivity index (χ3n) is 5.35. The number of rotatable bonds is 7. The molecule has 4 rings (SSSR count). The maximum Gasteiger partial charge on any atom is 0.267 e. The predicted molar refractivity (Wildman–Crippen MR) is 118 cm³/mol. The fraction of sp³-hybridized carbons (Fsp3) is 0.333. The van der Waals surface area contributed by atoms with Crippen molar-refractivity contribution in [3.8, 4) is 17.3 Å². The van der Waals surface area contributed by atoms with Crippen LogP contribution < -0.4 is 4.74 Å². The minimum atomic E-state index is -0.831. The van der Waals surface area contributed by atoms with E-state index in [1.165, 1.54) is 0 Å². The molecule has 0 aliphatic carbocycles. The maximum absolute atomic E-state index is 13.5. The molecule has 0 saturated carbocycles. The maximum atomic E-state index is 13.5. The number of benzene rings is 1. The van der Waals surface area contributed by atoms with Gasteiger partial charge in [-0.05, 0) is 58.6 Å². The predicted octanol–water partition coefficient (Wildman–Crippen LogP) is 4.36. The molecular weight excluding hydrogens is 516 g/mol. The molecule has 0 bridgehead atoms. The molecule has 0 N–H and O–H groups in total. The van der Waals surface area contributed by atoms with Crippen LogP contribution in [0.5, 0.6) is 5.75 Å². The Morgan fingerprint density at radius 1 is 1.23 bits per heavy atom. The van der Waals surface area contributed by atoms with Gasteiger partial charge < -0.3 is 14.1 Å². The molecule has 2 aromatic heterocycles. The van der Waals surface area contributed by atoms with Gasteiger partial charge in [0.2, 0.25) is 11.8 Å². The number of carbonyl (C=O) groups is 1. The molecule has 1 amide bonds. The SMILES string of the molecule is COc1ccc(CN2CCC(CCBr)(c3nnc(-c4ncccc4Br)o3)C2=O)cc1. The molecule has 3 heterocycles. The minimum absolute atomic E-state index is 0.00746. The molecule has 3 aromatic rings. The standard InChI is InChI=1S/C21H20Br2N4O3/c1-29-15-6-4-14(5-7-15)13-27-12-9-21(8-10-22,20(27)28)19-26-25-18(30-19)17-16(23)3-2-11-24-17/h2-7,11H,8-10,12-13H2,1H3. The molecule has 0 radical (unpaired) electrons. The summed E-state index contributed by atoms with van der Waals surface area (Å²) in [6.07, 6.45) is 2.87. The third kappa shape index (κ3) is 3.88. The highest BCUT2D eigenvalue weighted by atomic mass is 79.9. The molecule has 7 nitrogen and oxygen atoms in total. The van der Waals surface area contributed by atoms with E-state index in [0.717, 1.165) is 15.8 Å². The number of methoxy groups -OCH3 is 1. The van der Waals surface area contributed by atoms with Crippen LogP contribution >= 0.6 is 31.9 Å². The second kappa shape index (κ2) is 8.85. The van der Waals surface area contributed by atoms with Crippen molar-refractivity contribution in [1.82, 2.24) is 20.1 Å². The van der Waals surface area contributed by atoms with Gasteiger partial charge in [0, 0.05) is 29.1 Å². The number of ether oxygens (including phenoxy) is 1. The minimum Gasteiger partial charge on any atom is -0.497 e. The Morgan fingerprint density at radius 2 is 2.03 bits per heavy atom. The zero-order chi connectivity index (χ0) is 21.1. The van der Waals surface area contributed by atoms with Gasteiger partial charge in [0.05, 0.1) is 7.11 Å². The number of halogens is 2. The molecule has 1 aromatic carbocycles. The average molecular weight is 536 g/mol. The highest BCUT2D eigenvalue weighted by Gasteiger charge is 2.51. The van der Waals surface area contributed by atoms with Gasteiger partial charge in [-0.1, -0.05) is 28.1 Å². The molecular formula is C21H20Br2N4O3. The normalized spacial score (nSPS) is 18.8. The highest BCUT2D eigenvalue weighted by molar-refractivity contribution is 9.10. The lowest BCUT2D eigenvalue weighted by molar-refractivity contribution is -0.133. The van der Waals surface area contributed by atoms with Crippen LogP contribution in [0, 0.1) is 0 Å². The van der Waals surface area contributed by atoms with Gasteiger partial charge in [-0.25, -0.2) is 4.98 Å². The molecule has 1 unspecified atom stereocenters. The Bertz CT molecular complexity index is 1040. The van der Waals surface area contributed by atoms with Gasteiger partial charge in [0.25, 0.3) is 5.89 Å². The van der Waals surface area contributed by atoms with Crippen LogP contribution in [-0.4, -0.2) is 45.0 Å². The van der Waals surface area contributed by atoms with Crippen molar-refractivity contribution < 1.29 is 13.9 Å². The lowest BCUT2D eigenvalue weighted by atomic mass is 9.83. The van der Waals surface area contributed by atoms with E-state index >= 15 is 0 Å². The summed E-state index contributed by atoms with van der Waals surface area (Å²) in [5.74, 6) is 1.44. The van der Waals surface area contributed by atoms with Crippen molar-refractivity contribution in [2.45, 2.75) is 24.8 Å². The summed E-state index contributed by atoms with van der Waals surface area (Å²) >= 11 is 6.95. The number of pyridine rings is 1. The van der Waals surface area contributed by atoms with Gasteiger partial charge in [-0.2, -0.15) is 0 Å². The van der Waals surface area contributed by atoms with E-state index in [2.05, 4.69) is 47.0 Å². The summed E-state index contributed by atoms with van der Waals surface area (Å²) in [5, 5.41) is 9.08. The summed E-state index contributed by atoms with van der Waals surface area (Å²) in [6, 6.07) is 11.4. The highest BCUT2D eigenvalue weighted by Crippen LogP contribution is 2.40. The number of amides is 1. The molecule has 1 saturated heterocycles. The molecule has 0 spiro atoms. The Morgan fingerprint density at radius 3 is 2.73 bits per heavy atom. The van der Waals surface area contributed by atoms with E-state index in [9.17, 15) is 4.79 Å². The summed E-state index contributed by atoms with van der Waals surface area (Å²) in [7, 11) is 1.63. The molecule has 1 aliphatic heterocycles. The van der Waals surface area contributed by atoms with Gasteiger partial charge >= 0.3 is 0 Å². The molecule has 1 aliphatic rings. The number of aromatic nitrogens is 3. The zero-order valence-electron chi connectivity index (χ0n) is 16.3. The van der Waals surface area contributed by atoms with Crippen molar-refractivity contribution in [3.05, 3.63) is 58.5 Å². The Balaban J connectivity index is 1.60. The Kier molecular flexibility index (Phi) is 6.19. The first-order valence-electron chi connectivity index (χ1n) is 9.50. The van der Waals surface area contributed by atoms with Crippen molar-refractivity contribution in [2.75, 3.05) is 19.0 Å². The van der Waals surface area contributed by atoms with E-state index in [1.807, 2.05) is 41.3 Å². The first-order valence-corrected chi connectivity index (χ1v) is 11.4. The number of likely N-dealkylation sites (tertiary alicyclic amines) is 1. The largest absolute Gasteiger partial charge is 0.497 e. The van der Waals surface area contributed by atoms with E-state index < -0.39 is 5.41 Å². The van der Waals surface area contributed by atoms with Gasteiger partial charge in [-0.3, -0.25) is 4.79 Å². The van der Waals surface area contributed by atoms with Crippen LogP contribution in [0.2, 0.25) is 0 Å². The Labute approximate surface area is 191 Å². The van der Waals surface area contributed by atoms with Gasteiger partial charge in [0.15, 0.2) is 0 Å². The monoisotopic (exact) mass is 534 g/mol. The summed E-state index contributed by atoms with van der Waals surface area (Å²) in [6.45, 7) is 1.16. The second-order valence-electron chi connectivity index (χ2n) is 7.09. The van der Waals surface area contributed by atoms with Crippen LogP contribution in [0.3, 0.4) is 0 Å². The lowest BCUT2D eigenvalue weighted by Crippen LogP contribution is -2.38. The van der Waals surface area contributed by atoms with Gasteiger partial charge in [0.1, 0.15) is 16.9 Å². The van der Waals surface area contributed by atoms with Crippen molar-refractivity contribution >= 4 is 37.8 Å². The van der Waals surface area contributed by atoms with Crippen LogP contribution in [-0.2, 0) is 16.8 Å². The first-order chi connectivity index (χ1) is 14.6. The number of alkyl halides is 1. The third-order valence-corrected chi connectivity index (χ3v) is 6.39. The quantitative estimate of drug-likeness (QED) is 0.418. The topological polar surface area (TPSA) is 81.3 Å². The van der Waals surface area contributed by atoms with Gasteiger partial charge in [-0.15, -0.1) is 10.2 Å². The second-order valence-corrected chi connectivity index (χ2v) is 8.74. The summed E-state index contributed by atoms with van der Waals surface area (Å²) in [5.41, 5.74) is 0.774. The number of nitrogens with zero attached hydrogens (tertiary/aromatic N) is 4. The number of carbonyl (C=O) groups excluding carboxylic acids is 1. The summed E-state index contributed by atoms with van der Waals surface area (Å²) in [4.78, 5) is 19.6. The molecule has 30 heavy (non-hydrogen) atoms. The zero-order valence-corrected chi connectivity index (χ0v) is 19.5. The number of hydrogen-bond donors (Lipinski definition) is 0. The van der Waals surface area contributed by atoms with Crippen LogP contribution in [0.1, 0.15) is 24.3 Å². The fourth-order valence-electron chi connectivity index (χ4n) is 3.69. The van der Waals surface area contributed by atoms with Crippen molar-refractivity contribution in [1.29, 1.82) is 0 Å². The average Bonchev–Trinajstić information content (AvgIpc) is 3.37. The van der Waals surface area contributed by atoms with E-state index in [-0.39, 0.29) is 5.91 Å². The lowest BCUT2D eigenvalue weighted by Gasteiger charge is -2.23. The molecule has 156 valence electrons. The van der Waals surface area contributed by atoms with Crippen molar-refractivity contribution in [3.63, 3.8) is 0 Å². The summed E-state index contributed by atoms with van der Waals surface area (Å²) < 4.78 is 12.0. The Hall–Kier alpha value is -2.26. The van der Waals surface area contributed by atoms with Crippen LogP contribution in [0.15, 0.2) is 51.5 Å². The van der Waals surface area contributed by atoms with Crippen molar-refractivity contribution in [2.24, 2.45) is 0 Å². The molecule has 9 heteroatoms. The van der Waals surface area contributed by atoms with Crippen LogP contribution in [0.4, 0.5) is 0 Å². The van der Waals surface area contributed by atoms with E-state index in [4.69, 9.17) is 9.15 Å². The fourth-order valence-corrected chi connectivity index (χ4v) is 4.79. The van der Waals surface area contributed by atoms with Crippen LogP contribution in [0.25, 0.3) is 11.6 Å². The smallest absolute Gasteiger partial charge is 0.267 e. The first kappa shape index (κ1) is 21.0. The van der Waals surface area contributed by atoms with E-state index in [0.29, 0.717) is 48.7 Å². The van der Waals surface area contributed by atoms with E-state index in [1.54, 1.807) is 13.3 Å². The molecule has 1 fully saturated rings. The number of hydrogen-bond acceptors (Lipinski definition) is 6.